The van der Waals surface area contributed by atoms with E-state index in [0.29, 0.717) is 20.2 Å². The summed E-state index contributed by atoms with van der Waals surface area (Å²) in [6.07, 6.45) is 0. The van der Waals surface area contributed by atoms with Crippen molar-refractivity contribution in [3.8, 4) is 0 Å². The van der Waals surface area contributed by atoms with Crippen LogP contribution in [0.3, 0.4) is 0 Å². The molecular weight excluding hydrogens is 315 g/mol. The molecule has 1 rings (SSSR count). The monoisotopic (exact) mass is 324 g/mol. The van der Waals surface area contributed by atoms with Crippen molar-refractivity contribution in [3.63, 3.8) is 0 Å². The van der Waals surface area contributed by atoms with E-state index in [-0.39, 0.29) is 11.9 Å². The third-order valence-electron chi connectivity index (χ3n) is 2.11. The third kappa shape index (κ3) is 2.10. The average molecular weight is 326 g/mol. The van der Waals surface area contributed by atoms with Gasteiger partial charge in [0.2, 0.25) is 0 Å². The second-order valence-electron chi connectivity index (χ2n) is 2.99. The summed E-state index contributed by atoms with van der Waals surface area (Å²) in [4.78, 5) is 0. The molecule has 0 amide bonds. The molecule has 2 nitrogen and oxygen atoms in total. The number of nitrogens with one attached hydrogen (secondary N) is 1. The minimum Gasteiger partial charge on any atom is -0.397 e. The first-order chi connectivity index (χ1) is 6.49. The first-order valence-electron chi connectivity index (χ1n) is 4.09. The van der Waals surface area contributed by atoms with Crippen molar-refractivity contribution in [1.29, 1.82) is 0 Å². The van der Waals surface area contributed by atoms with Gasteiger partial charge in [-0.05, 0) is 51.9 Å². The lowest BCUT2D eigenvalue weighted by atomic mass is 10.1. The van der Waals surface area contributed by atoms with Crippen LogP contribution in [0.2, 0.25) is 0 Å². The molecule has 0 bridgehead atoms. The van der Waals surface area contributed by atoms with Gasteiger partial charge >= 0.3 is 0 Å². The Morgan fingerprint density at radius 1 is 1.43 bits per heavy atom. The molecule has 5 heteroatoms. The quantitative estimate of drug-likeness (QED) is 0.647. The Kier molecular flexibility index (Phi) is 3.92. The van der Waals surface area contributed by atoms with Crippen LogP contribution in [0.15, 0.2) is 15.0 Å². The second-order valence-corrected chi connectivity index (χ2v) is 4.70. The molecule has 0 aliphatic heterocycles. The Hall–Kier alpha value is -0.130. The lowest BCUT2D eigenvalue weighted by molar-refractivity contribution is 0.559. The van der Waals surface area contributed by atoms with Gasteiger partial charge in [-0.2, -0.15) is 0 Å². The molecule has 1 unspecified atom stereocenters. The number of nitrogen functional groups attached to an aromatic ring is 1. The van der Waals surface area contributed by atoms with Crippen molar-refractivity contribution >= 4 is 37.5 Å². The summed E-state index contributed by atoms with van der Waals surface area (Å²) in [5, 5.41) is 2.96. The average Bonchev–Trinajstić information content (AvgIpc) is 2.15. The second kappa shape index (κ2) is 4.59. The van der Waals surface area contributed by atoms with Gasteiger partial charge in [0.25, 0.3) is 0 Å². The molecule has 1 aromatic carbocycles. The maximum absolute atomic E-state index is 13.7. The van der Waals surface area contributed by atoms with Crippen molar-refractivity contribution in [1.82, 2.24) is 5.32 Å². The molecule has 0 radical (unpaired) electrons. The van der Waals surface area contributed by atoms with Crippen molar-refractivity contribution < 1.29 is 4.39 Å². The number of hydrogen-bond acceptors (Lipinski definition) is 2. The summed E-state index contributed by atoms with van der Waals surface area (Å²) in [6, 6.07) is 1.49. The highest BCUT2D eigenvalue weighted by atomic mass is 79.9. The van der Waals surface area contributed by atoms with Crippen molar-refractivity contribution in [2.45, 2.75) is 13.0 Å². The van der Waals surface area contributed by atoms with Gasteiger partial charge in [-0.15, -0.1) is 0 Å². The van der Waals surface area contributed by atoms with E-state index >= 15 is 0 Å². The van der Waals surface area contributed by atoms with Gasteiger partial charge in [0, 0.05) is 16.1 Å². The molecule has 0 aliphatic rings. The van der Waals surface area contributed by atoms with Gasteiger partial charge < -0.3 is 11.1 Å². The van der Waals surface area contributed by atoms with E-state index in [9.17, 15) is 4.39 Å². The fourth-order valence-corrected chi connectivity index (χ4v) is 2.39. The van der Waals surface area contributed by atoms with Crippen LogP contribution >= 0.6 is 31.9 Å². The van der Waals surface area contributed by atoms with Crippen LogP contribution in [0.25, 0.3) is 0 Å². The minimum atomic E-state index is -0.312. The predicted octanol–water partition coefficient (Wildman–Crippen LogP) is 3.21. The van der Waals surface area contributed by atoms with E-state index in [0.717, 1.165) is 0 Å². The van der Waals surface area contributed by atoms with E-state index in [1.807, 2.05) is 6.92 Å². The molecule has 3 N–H and O–H groups in total. The van der Waals surface area contributed by atoms with Gasteiger partial charge in [0.15, 0.2) is 0 Å². The Morgan fingerprint density at radius 3 is 2.50 bits per heavy atom. The lowest BCUT2D eigenvalue weighted by Gasteiger charge is -2.16. The highest BCUT2D eigenvalue weighted by Crippen LogP contribution is 2.34. The summed E-state index contributed by atoms with van der Waals surface area (Å²) in [6.45, 7) is 1.85. The van der Waals surface area contributed by atoms with E-state index in [1.165, 1.54) is 0 Å². The smallest absolute Gasteiger partial charge is 0.144 e. The topological polar surface area (TPSA) is 38.0 Å². The molecular formula is C9H11Br2FN2. The maximum Gasteiger partial charge on any atom is 0.144 e. The molecule has 0 aromatic heterocycles. The molecule has 0 heterocycles. The number of anilines is 1. The molecule has 0 saturated heterocycles. The zero-order valence-electron chi connectivity index (χ0n) is 7.87. The molecule has 0 fully saturated rings. The fourth-order valence-electron chi connectivity index (χ4n) is 1.20. The van der Waals surface area contributed by atoms with Crippen LogP contribution in [-0.4, -0.2) is 7.05 Å². The van der Waals surface area contributed by atoms with Crippen LogP contribution in [-0.2, 0) is 0 Å². The summed E-state index contributed by atoms with van der Waals surface area (Å²) >= 11 is 6.42. The maximum atomic E-state index is 13.7. The van der Waals surface area contributed by atoms with Crippen molar-refractivity contribution in [2.75, 3.05) is 12.8 Å². The summed E-state index contributed by atoms with van der Waals surface area (Å²) in [5.41, 5.74) is 6.70. The molecule has 14 heavy (non-hydrogen) atoms. The van der Waals surface area contributed by atoms with Crippen molar-refractivity contribution in [2.24, 2.45) is 0 Å². The summed E-state index contributed by atoms with van der Waals surface area (Å²) < 4.78 is 14.8. The van der Waals surface area contributed by atoms with Gasteiger partial charge in [-0.1, -0.05) is 0 Å². The van der Waals surface area contributed by atoms with Crippen LogP contribution in [0.4, 0.5) is 10.1 Å². The third-order valence-corrected chi connectivity index (χ3v) is 3.35. The highest BCUT2D eigenvalue weighted by Gasteiger charge is 2.17. The van der Waals surface area contributed by atoms with Crippen LogP contribution < -0.4 is 11.1 Å². The summed E-state index contributed by atoms with van der Waals surface area (Å²) in [5.74, 6) is -0.312. The van der Waals surface area contributed by atoms with Gasteiger partial charge in [0.1, 0.15) is 5.82 Å². The number of rotatable bonds is 2. The minimum absolute atomic E-state index is 0.121. The lowest BCUT2D eigenvalue weighted by Crippen LogP contribution is -2.16. The molecule has 1 atom stereocenters. The first kappa shape index (κ1) is 11.9. The predicted molar refractivity (Wildman–Crippen MR) is 63.7 cm³/mol. The van der Waals surface area contributed by atoms with Gasteiger partial charge in [-0.3, -0.25) is 0 Å². The van der Waals surface area contributed by atoms with Crippen LogP contribution in [0.5, 0.6) is 0 Å². The Labute approximate surface area is 99.3 Å². The van der Waals surface area contributed by atoms with Gasteiger partial charge in [-0.25, -0.2) is 4.39 Å². The molecule has 0 spiro atoms. The number of halogens is 3. The van der Waals surface area contributed by atoms with E-state index in [4.69, 9.17) is 5.73 Å². The normalized spacial score (nSPS) is 12.9. The van der Waals surface area contributed by atoms with E-state index in [1.54, 1.807) is 13.1 Å². The molecule has 1 aromatic rings. The summed E-state index contributed by atoms with van der Waals surface area (Å²) in [7, 11) is 1.76. The van der Waals surface area contributed by atoms with Gasteiger partial charge in [0.05, 0.1) is 10.2 Å². The SMILES string of the molecule is CNC(C)c1c(N)c(Br)cc(Br)c1F. The van der Waals surface area contributed by atoms with E-state index in [2.05, 4.69) is 37.2 Å². The molecule has 0 aliphatic carbocycles. The Bertz CT molecular complexity index is 329. The zero-order valence-corrected chi connectivity index (χ0v) is 11.0. The van der Waals surface area contributed by atoms with Crippen molar-refractivity contribution in [3.05, 3.63) is 26.4 Å². The number of hydrogen-bond donors (Lipinski definition) is 2. The standard InChI is InChI=1S/C9H11Br2FN2/c1-4(14-2)7-8(12)5(10)3-6(11)9(7)13/h3-4,14H,13H2,1-2H3. The van der Waals surface area contributed by atoms with Crippen LogP contribution in [0.1, 0.15) is 18.5 Å². The van der Waals surface area contributed by atoms with E-state index < -0.39 is 0 Å². The molecule has 0 saturated carbocycles. The highest BCUT2D eigenvalue weighted by molar-refractivity contribution is 9.11. The van der Waals surface area contributed by atoms with Crippen LogP contribution in [0, 0.1) is 5.82 Å². The molecule has 78 valence electrons. The largest absolute Gasteiger partial charge is 0.397 e. The first-order valence-corrected chi connectivity index (χ1v) is 5.67. The fraction of sp³-hybridized carbons (Fsp3) is 0.333. The Balaban J connectivity index is 3.39. The Morgan fingerprint density at radius 2 is 2.00 bits per heavy atom. The number of benzene rings is 1. The number of nitrogens with two attached hydrogens (primary N) is 1. The zero-order chi connectivity index (χ0) is 10.9.